The molecule has 4 nitrogen and oxygen atoms in total. The van der Waals surface area contributed by atoms with Gasteiger partial charge in [-0.25, -0.2) is 17.5 Å². The number of hydrogen-bond acceptors (Lipinski definition) is 3. The second-order valence-corrected chi connectivity index (χ2v) is 5.41. The minimum absolute atomic E-state index is 0.0386. The SMILES string of the molecule is CCS(=O)(=O)NCC(O)c1ccc(F)cc1. The van der Waals surface area contributed by atoms with Gasteiger partial charge in [-0.2, -0.15) is 0 Å². The average Bonchev–Trinajstić information content (AvgIpc) is 2.27. The maximum atomic E-state index is 12.6. The van der Waals surface area contributed by atoms with E-state index in [-0.39, 0.29) is 12.3 Å². The molecule has 90 valence electrons. The standard InChI is InChI=1S/C10H14FNO3S/c1-2-16(14,15)12-7-10(13)8-3-5-9(11)6-4-8/h3-6,10,12-13H,2,7H2,1H3. The number of aliphatic hydroxyl groups excluding tert-OH is 1. The van der Waals surface area contributed by atoms with Crippen LogP contribution >= 0.6 is 0 Å². The van der Waals surface area contributed by atoms with Crippen LogP contribution in [0.3, 0.4) is 0 Å². The lowest BCUT2D eigenvalue weighted by Crippen LogP contribution is -2.29. The number of nitrogens with one attached hydrogen (secondary N) is 1. The third kappa shape index (κ3) is 3.88. The lowest BCUT2D eigenvalue weighted by atomic mass is 10.1. The van der Waals surface area contributed by atoms with Crippen LogP contribution in [0.25, 0.3) is 0 Å². The van der Waals surface area contributed by atoms with Crippen molar-refractivity contribution in [2.24, 2.45) is 0 Å². The second-order valence-electron chi connectivity index (χ2n) is 3.32. The summed E-state index contributed by atoms with van der Waals surface area (Å²) in [7, 11) is -3.31. The summed E-state index contributed by atoms with van der Waals surface area (Å²) in [5.74, 6) is -0.437. The van der Waals surface area contributed by atoms with E-state index < -0.39 is 21.9 Å². The summed E-state index contributed by atoms with van der Waals surface area (Å²) in [4.78, 5) is 0. The molecule has 1 rings (SSSR count). The van der Waals surface area contributed by atoms with Crippen molar-refractivity contribution in [3.05, 3.63) is 35.6 Å². The summed E-state index contributed by atoms with van der Waals surface area (Å²) in [5, 5.41) is 9.62. The van der Waals surface area contributed by atoms with Gasteiger partial charge in [0.2, 0.25) is 10.0 Å². The van der Waals surface area contributed by atoms with Gasteiger partial charge in [0.15, 0.2) is 0 Å². The summed E-state index contributed by atoms with van der Waals surface area (Å²) in [6, 6.07) is 5.26. The van der Waals surface area contributed by atoms with E-state index in [9.17, 15) is 17.9 Å². The first-order valence-corrected chi connectivity index (χ1v) is 6.50. The molecule has 0 aliphatic carbocycles. The van der Waals surface area contributed by atoms with Gasteiger partial charge in [0, 0.05) is 6.54 Å². The maximum absolute atomic E-state index is 12.6. The molecule has 0 saturated heterocycles. The van der Waals surface area contributed by atoms with Gasteiger partial charge in [-0.15, -0.1) is 0 Å². The topological polar surface area (TPSA) is 66.4 Å². The Morgan fingerprint density at radius 3 is 2.44 bits per heavy atom. The number of halogens is 1. The molecular formula is C10H14FNO3S. The maximum Gasteiger partial charge on any atom is 0.211 e. The molecule has 1 unspecified atom stereocenters. The third-order valence-electron chi connectivity index (χ3n) is 2.13. The third-order valence-corrected chi connectivity index (χ3v) is 3.50. The van der Waals surface area contributed by atoms with Gasteiger partial charge >= 0.3 is 0 Å². The van der Waals surface area contributed by atoms with Crippen molar-refractivity contribution < 1.29 is 17.9 Å². The van der Waals surface area contributed by atoms with Crippen LogP contribution in [0.1, 0.15) is 18.6 Å². The first kappa shape index (κ1) is 13.1. The zero-order chi connectivity index (χ0) is 12.2. The number of sulfonamides is 1. The highest BCUT2D eigenvalue weighted by molar-refractivity contribution is 7.89. The van der Waals surface area contributed by atoms with Gasteiger partial charge in [0.05, 0.1) is 11.9 Å². The van der Waals surface area contributed by atoms with Gasteiger partial charge < -0.3 is 5.11 Å². The van der Waals surface area contributed by atoms with Crippen molar-refractivity contribution in [1.29, 1.82) is 0 Å². The van der Waals surface area contributed by atoms with Crippen LogP contribution in [-0.4, -0.2) is 25.8 Å². The summed E-state index contributed by atoms with van der Waals surface area (Å²) >= 11 is 0. The molecule has 2 N–H and O–H groups in total. The average molecular weight is 247 g/mol. The number of hydrogen-bond donors (Lipinski definition) is 2. The van der Waals surface area contributed by atoms with E-state index in [1.807, 2.05) is 0 Å². The molecule has 6 heteroatoms. The van der Waals surface area contributed by atoms with Crippen LogP contribution in [0.4, 0.5) is 4.39 Å². The first-order chi connectivity index (χ1) is 7.44. The number of aliphatic hydroxyl groups is 1. The lowest BCUT2D eigenvalue weighted by molar-refractivity contribution is 0.182. The van der Waals surface area contributed by atoms with Crippen molar-refractivity contribution in [2.45, 2.75) is 13.0 Å². The molecular weight excluding hydrogens is 233 g/mol. The van der Waals surface area contributed by atoms with Gasteiger partial charge in [0.1, 0.15) is 5.82 Å². The smallest absolute Gasteiger partial charge is 0.211 e. The molecule has 1 aromatic rings. The van der Waals surface area contributed by atoms with Gasteiger partial charge in [-0.05, 0) is 24.6 Å². The van der Waals surface area contributed by atoms with Crippen molar-refractivity contribution in [1.82, 2.24) is 4.72 Å². The monoisotopic (exact) mass is 247 g/mol. The van der Waals surface area contributed by atoms with Gasteiger partial charge in [-0.3, -0.25) is 0 Å². The van der Waals surface area contributed by atoms with E-state index in [4.69, 9.17) is 0 Å². The van der Waals surface area contributed by atoms with Crippen LogP contribution in [-0.2, 0) is 10.0 Å². The molecule has 0 spiro atoms. The molecule has 1 aromatic carbocycles. The number of rotatable bonds is 5. The summed E-state index contributed by atoms with van der Waals surface area (Å²) < 4.78 is 37.1. The molecule has 0 aliphatic heterocycles. The molecule has 0 aliphatic rings. The zero-order valence-electron chi connectivity index (χ0n) is 8.85. The van der Waals surface area contributed by atoms with Gasteiger partial charge in [0.25, 0.3) is 0 Å². The van der Waals surface area contributed by atoms with Gasteiger partial charge in [-0.1, -0.05) is 12.1 Å². The van der Waals surface area contributed by atoms with Crippen LogP contribution in [0.5, 0.6) is 0 Å². The highest BCUT2D eigenvalue weighted by atomic mass is 32.2. The predicted molar refractivity (Wildman–Crippen MR) is 58.8 cm³/mol. The minimum atomic E-state index is -3.31. The minimum Gasteiger partial charge on any atom is -0.387 e. The lowest BCUT2D eigenvalue weighted by Gasteiger charge is -2.11. The Morgan fingerprint density at radius 1 is 1.38 bits per heavy atom. The molecule has 0 heterocycles. The molecule has 0 amide bonds. The van der Waals surface area contributed by atoms with E-state index in [0.29, 0.717) is 5.56 Å². The van der Waals surface area contributed by atoms with E-state index in [2.05, 4.69) is 4.72 Å². The highest BCUT2D eigenvalue weighted by Gasteiger charge is 2.12. The highest BCUT2D eigenvalue weighted by Crippen LogP contribution is 2.12. The van der Waals surface area contributed by atoms with Crippen molar-refractivity contribution in [3.63, 3.8) is 0 Å². The van der Waals surface area contributed by atoms with Crippen LogP contribution in [0.2, 0.25) is 0 Å². The molecule has 0 aromatic heterocycles. The molecule has 0 saturated carbocycles. The Balaban J connectivity index is 2.59. The van der Waals surface area contributed by atoms with Crippen molar-refractivity contribution in [3.8, 4) is 0 Å². The molecule has 0 radical (unpaired) electrons. The van der Waals surface area contributed by atoms with Crippen molar-refractivity contribution >= 4 is 10.0 Å². The van der Waals surface area contributed by atoms with Crippen LogP contribution < -0.4 is 4.72 Å². The summed E-state index contributed by atoms with van der Waals surface area (Å²) in [6.07, 6.45) is -0.970. The van der Waals surface area contributed by atoms with E-state index in [1.54, 1.807) is 0 Å². The van der Waals surface area contributed by atoms with E-state index >= 15 is 0 Å². The normalized spacial score (nSPS) is 13.7. The van der Waals surface area contributed by atoms with Crippen LogP contribution in [0, 0.1) is 5.82 Å². The fraction of sp³-hybridized carbons (Fsp3) is 0.400. The summed E-state index contributed by atoms with van der Waals surface area (Å²) in [6.45, 7) is 1.40. The van der Waals surface area contributed by atoms with Crippen LogP contribution in [0.15, 0.2) is 24.3 Å². The summed E-state index contributed by atoms with van der Waals surface area (Å²) in [5.41, 5.74) is 0.472. The fourth-order valence-electron chi connectivity index (χ4n) is 1.11. The molecule has 1 atom stereocenters. The quantitative estimate of drug-likeness (QED) is 0.808. The Hall–Kier alpha value is -0.980. The Morgan fingerprint density at radius 2 is 1.94 bits per heavy atom. The van der Waals surface area contributed by atoms with Crippen molar-refractivity contribution in [2.75, 3.05) is 12.3 Å². The molecule has 0 bridgehead atoms. The molecule has 16 heavy (non-hydrogen) atoms. The van der Waals surface area contributed by atoms with E-state index in [0.717, 1.165) is 0 Å². The Labute approximate surface area is 94.2 Å². The zero-order valence-corrected chi connectivity index (χ0v) is 9.67. The predicted octanol–water partition coefficient (Wildman–Crippen LogP) is 0.798. The van der Waals surface area contributed by atoms with E-state index in [1.165, 1.54) is 31.2 Å². The Kier molecular flexibility index (Phi) is 4.40. The largest absolute Gasteiger partial charge is 0.387 e. The molecule has 0 fully saturated rings. The Bertz CT molecular complexity index is 430. The number of benzene rings is 1. The fourth-order valence-corrected chi connectivity index (χ4v) is 1.73. The first-order valence-electron chi connectivity index (χ1n) is 4.85. The second kappa shape index (κ2) is 5.38.